The van der Waals surface area contributed by atoms with Gasteiger partial charge in [-0.3, -0.25) is 9.20 Å². The standard InChI is InChI=1S/C9H8BrN3O/c1-6(14)4-7-2-3-13-8(10)5-11-9(13)12-7/h2-3,5H,4H2,1H3. The first-order valence-electron chi connectivity index (χ1n) is 4.15. The number of ketones is 1. The van der Waals surface area contributed by atoms with Crippen molar-refractivity contribution in [2.24, 2.45) is 0 Å². The van der Waals surface area contributed by atoms with Gasteiger partial charge in [-0.05, 0) is 28.9 Å². The number of hydrogen-bond acceptors (Lipinski definition) is 3. The van der Waals surface area contributed by atoms with Crippen LogP contribution in [0.4, 0.5) is 0 Å². The number of aromatic nitrogens is 3. The van der Waals surface area contributed by atoms with Crippen LogP contribution in [0.5, 0.6) is 0 Å². The molecule has 0 aromatic carbocycles. The zero-order valence-corrected chi connectivity index (χ0v) is 9.15. The Bertz CT molecular complexity index is 492. The van der Waals surface area contributed by atoms with Crippen molar-refractivity contribution in [3.05, 3.63) is 28.8 Å². The molecule has 0 saturated carbocycles. The molecule has 2 aromatic heterocycles. The second kappa shape index (κ2) is 3.49. The minimum Gasteiger partial charge on any atom is -0.300 e. The quantitative estimate of drug-likeness (QED) is 0.818. The molecule has 0 fully saturated rings. The Kier molecular flexibility index (Phi) is 2.33. The lowest BCUT2D eigenvalue weighted by atomic mass is 10.2. The molecular formula is C9H8BrN3O. The van der Waals surface area contributed by atoms with Crippen LogP contribution in [0.25, 0.3) is 5.78 Å². The molecule has 0 spiro atoms. The molecule has 0 amide bonds. The van der Waals surface area contributed by atoms with Crippen LogP contribution in [0.15, 0.2) is 23.1 Å². The van der Waals surface area contributed by atoms with E-state index in [1.165, 1.54) is 0 Å². The summed E-state index contributed by atoms with van der Waals surface area (Å²) >= 11 is 3.34. The molecule has 2 rings (SSSR count). The normalized spacial score (nSPS) is 10.7. The molecule has 0 bridgehead atoms. The highest BCUT2D eigenvalue weighted by molar-refractivity contribution is 9.10. The number of Topliss-reactive ketones (excluding diaryl/α,β-unsaturated/α-hetero) is 1. The zero-order valence-electron chi connectivity index (χ0n) is 7.57. The Balaban J connectivity index is 2.46. The van der Waals surface area contributed by atoms with Crippen molar-refractivity contribution in [1.29, 1.82) is 0 Å². The maximum Gasteiger partial charge on any atom is 0.234 e. The molecular weight excluding hydrogens is 246 g/mol. The Labute approximate surface area is 89.1 Å². The van der Waals surface area contributed by atoms with Gasteiger partial charge in [-0.2, -0.15) is 0 Å². The van der Waals surface area contributed by atoms with Gasteiger partial charge in [0, 0.05) is 12.6 Å². The van der Waals surface area contributed by atoms with E-state index in [4.69, 9.17) is 0 Å². The van der Waals surface area contributed by atoms with E-state index in [9.17, 15) is 4.79 Å². The second-order valence-electron chi connectivity index (χ2n) is 3.05. The lowest BCUT2D eigenvalue weighted by molar-refractivity contribution is -0.116. The second-order valence-corrected chi connectivity index (χ2v) is 3.86. The van der Waals surface area contributed by atoms with Crippen LogP contribution < -0.4 is 0 Å². The SMILES string of the molecule is CC(=O)Cc1ccn2c(Br)cnc2n1. The van der Waals surface area contributed by atoms with Crippen LogP contribution >= 0.6 is 15.9 Å². The van der Waals surface area contributed by atoms with Crippen molar-refractivity contribution < 1.29 is 4.79 Å². The van der Waals surface area contributed by atoms with Gasteiger partial charge in [0.05, 0.1) is 11.9 Å². The summed E-state index contributed by atoms with van der Waals surface area (Å²) in [5.74, 6) is 0.711. The molecule has 0 aliphatic rings. The van der Waals surface area contributed by atoms with Crippen molar-refractivity contribution in [1.82, 2.24) is 14.4 Å². The van der Waals surface area contributed by atoms with Crippen molar-refractivity contribution >= 4 is 27.5 Å². The van der Waals surface area contributed by atoms with E-state index in [0.29, 0.717) is 12.2 Å². The molecule has 0 aliphatic heterocycles. The van der Waals surface area contributed by atoms with E-state index in [1.807, 2.05) is 16.7 Å². The minimum absolute atomic E-state index is 0.104. The molecule has 0 aliphatic carbocycles. The van der Waals surface area contributed by atoms with Gasteiger partial charge >= 0.3 is 0 Å². The van der Waals surface area contributed by atoms with Crippen molar-refractivity contribution in [2.45, 2.75) is 13.3 Å². The Morgan fingerprint density at radius 2 is 2.43 bits per heavy atom. The van der Waals surface area contributed by atoms with E-state index in [2.05, 4.69) is 25.9 Å². The Hall–Kier alpha value is -1.23. The van der Waals surface area contributed by atoms with Crippen molar-refractivity contribution in [3.63, 3.8) is 0 Å². The van der Waals surface area contributed by atoms with Crippen molar-refractivity contribution in [2.75, 3.05) is 0 Å². The van der Waals surface area contributed by atoms with Crippen LogP contribution in [0.1, 0.15) is 12.6 Å². The van der Waals surface area contributed by atoms with E-state index in [0.717, 1.165) is 10.3 Å². The van der Waals surface area contributed by atoms with Crippen LogP contribution in [-0.4, -0.2) is 20.2 Å². The monoisotopic (exact) mass is 253 g/mol. The molecule has 2 heterocycles. The van der Waals surface area contributed by atoms with Gasteiger partial charge in [-0.25, -0.2) is 9.97 Å². The molecule has 4 nitrogen and oxygen atoms in total. The first-order valence-corrected chi connectivity index (χ1v) is 4.94. The predicted octanol–water partition coefficient (Wildman–Crippen LogP) is 1.62. The Morgan fingerprint density at radius 3 is 3.14 bits per heavy atom. The average Bonchev–Trinajstić information content (AvgIpc) is 2.46. The predicted molar refractivity (Wildman–Crippen MR) is 55.1 cm³/mol. The number of carbonyl (C=O) groups is 1. The van der Waals surface area contributed by atoms with Gasteiger partial charge < -0.3 is 0 Å². The van der Waals surface area contributed by atoms with E-state index >= 15 is 0 Å². The lowest BCUT2D eigenvalue weighted by Gasteiger charge is -1.98. The maximum absolute atomic E-state index is 10.9. The first kappa shape index (κ1) is 9.33. The van der Waals surface area contributed by atoms with Gasteiger partial charge in [0.25, 0.3) is 0 Å². The zero-order chi connectivity index (χ0) is 10.1. The third-order valence-electron chi connectivity index (χ3n) is 1.82. The largest absolute Gasteiger partial charge is 0.300 e. The molecule has 0 unspecified atom stereocenters. The van der Waals surface area contributed by atoms with Gasteiger partial charge in [0.1, 0.15) is 10.4 Å². The topological polar surface area (TPSA) is 47.3 Å². The number of rotatable bonds is 2. The summed E-state index contributed by atoms with van der Waals surface area (Å²) < 4.78 is 2.67. The molecule has 0 radical (unpaired) electrons. The average molecular weight is 254 g/mol. The molecule has 5 heteroatoms. The van der Waals surface area contributed by atoms with E-state index in [1.54, 1.807) is 13.1 Å². The van der Waals surface area contributed by atoms with E-state index < -0.39 is 0 Å². The number of imidazole rings is 1. The smallest absolute Gasteiger partial charge is 0.234 e. The number of carbonyl (C=O) groups excluding carboxylic acids is 1. The highest BCUT2D eigenvalue weighted by atomic mass is 79.9. The minimum atomic E-state index is 0.104. The molecule has 14 heavy (non-hydrogen) atoms. The molecule has 2 aromatic rings. The van der Waals surface area contributed by atoms with Gasteiger partial charge in [0.15, 0.2) is 0 Å². The fraction of sp³-hybridized carbons (Fsp3) is 0.222. The summed E-state index contributed by atoms with van der Waals surface area (Å²) in [6.45, 7) is 1.55. The number of halogens is 1. The molecule has 0 N–H and O–H groups in total. The molecule has 0 saturated heterocycles. The summed E-state index contributed by atoms with van der Waals surface area (Å²) in [7, 11) is 0. The maximum atomic E-state index is 10.9. The molecule has 0 atom stereocenters. The number of hydrogen-bond donors (Lipinski definition) is 0. The van der Waals surface area contributed by atoms with Gasteiger partial charge in [-0.15, -0.1) is 0 Å². The van der Waals surface area contributed by atoms with Crippen LogP contribution in [0.3, 0.4) is 0 Å². The molecule has 72 valence electrons. The fourth-order valence-electron chi connectivity index (χ4n) is 1.23. The van der Waals surface area contributed by atoms with Crippen LogP contribution in [0, 0.1) is 0 Å². The number of nitrogens with zero attached hydrogens (tertiary/aromatic N) is 3. The summed E-state index contributed by atoms with van der Waals surface area (Å²) in [6, 6.07) is 1.82. The summed E-state index contributed by atoms with van der Waals surface area (Å²) in [6.07, 6.45) is 3.89. The van der Waals surface area contributed by atoms with E-state index in [-0.39, 0.29) is 5.78 Å². The van der Waals surface area contributed by atoms with Gasteiger partial charge in [-0.1, -0.05) is 0 Å². The summed E-state index contributed by atoms with van der Waals surface area (Å²) in [5, 5.41) is 0. The summed E-state index contributed by atoms with van der Waals surface area (Å²) in [4.78, 5) is 19.2. The number of fused-ring (bicyclic) bond motifs is 1. The third kappa shape index (κ3) is 1.68. The first-order chi connectivity index (χ1) is 6.66. The van der Waals surface area contributed by atoms with Crippen molar-refractivity contribution in [3.8, 4) is 0 Å². The highest BCUT2D eigenvalue weighted by Gasteiger charge is 2.04. The van der Waals surface area contributed by atoms with Crippen LogP contribution in [-0.2, 0) is 11.2 Å². The van der Waals surface area contributed by atoms with Gasteiger partial charge in [0.2, 0.25) is 5.78 Å². The summed E-state index contributed by atoms with van der Waals surface area (Å²) in [5.41, 5.74) is 0.753. The third-order valence-corrected chi connectivity index (χ3v) is 2.41. The lowest BCUT2D eigenvalue weighted by Crippen LogP contribution is -2.01. The fourth-order valence-corrected chi connectivity index (χ4v) is 1.61. The Morgan fingerprint density at radius 1 is 1.64 bits per heavy atom. The highest BCUT2D eigenvalue weighted by Crippen LogP contribution is 2.11. The van der Waals surface area contributed by atoms with Crippen LogP contribution in [0.2, 0.25) is 0 Å².